The molecule has 0 bridgehead atoms. The summed E-state index contributed by atoms with van der Waals surface area (Å²) in [6.45, 7) is 4.71. The maximum absolute atomic E-state index is 6.25. The van der Waals surface area contributed by atoms with Crippen LogP contribution in [0.25, 0.3) is 16.7 Å². The molecule has 0 saturated heterocycles. The van der Waals surface area contributed by atoms with Crippen LogP contribution in [0.15, 0.2) is 115 Å². The Labute approximate surface area is 213 Å². The van der Waals surface area contributed by atoms with Gasteiger partial charge in [0.05, 0.1) is 0 Å². The zero-order valence-electron chi connectivity index (χ0n) is 20.1. The first-order valence-electron chi connectivity index (χ1n) is 12.3. The lowest BCUT2D eigenvalue weighted by Gasteiger charge is -2.29. The van der Waals surface area contributed by atoms with Gasteiger partial charge in [-0.3, -0.25) is 0 Å². The number of anilines is 3. The second kappa shape index (κ2) is 8.59. The Morgan fingerprint density at radius 3 is 2.06 bits per heavy atom. The lowest BCUT2D eigenvalue weighted by atomic mass is 9.80. The van der Waals surface area contributed by atoms with E-state index in [1.165, 1.54) is 33.4 Å². The molecule has 0 spiro atoms. The highest BCUT2D eigenvalue weighted by Gasteiger charge is 2.37. The van der Waals surface area contributed by atoms with Gasteiger partial charge in [0.1, 0.15) is 0 Å². The molecular weight excluding hydrogens is 446 g/mol. The highest BCUT2D eigenvalue weighted by Crippen LogP contribution is 2.51. The number of hydrogen-bond acceptors (Lipinski definition) is 1. The predicted octanol–water partition coefficient (Wildman–Crippen LogP) is 9.87. The van der Waals surface area contributed by atoms with Crippen molar-refractivity contribution in [2.24, 2.45) is 0 Å². The zero-order valence-corrected chi connectivity index (χ0v) is 20.9. The fourth-order valence-electron chi connectivity index (χ4n) is 5.60. The second-order valence-electron chi connectivity index (χ2n) is 9.91. The van der Waals surface area contributed by atoms with Gasteiger partial charge in [-0.25, -0.2) is 0 Å². The van der Waals surface area contributed by atoms with E-state index >= 15 is 0 Å². The van der Waals surface area contributed by atoms with Gasteiger partial charge in [-0.2, -0.15) is 0 Å². The Kier molecular flexibility index (Phi) is 5.39. The van der Waals surface area contributed by atoms with E-state index in [1.54, 1.807) is 0 Å². The van der Waals surface area contributed by atoms with Crippen molar-refractivity contribution in [3.63, 3.8) is 0 Å². The van der Waals surface area contributed by atoms with Gasteiger partial charge in [-0.05, 0) is 94.8 Å². The Balaban J connectivity index is 1.46. The van der Waals surface area contributed by atoms with Crippen LogP contribution in [0.3, 0.4) is 0 Å². The Morgan fingerprint density at radius 1 is 0.714 bits per heavy atom. The van der Waals surface area contributed by atoms with E-state index in [4.69, 9.17) is 11.6 Å². The van der Waals surface area contributed by atoms with Crippen LogP contribution in [0.2, 0.25) is 5.02 Å². The number of allylic oxidation sites excluding steroid dienone is 4. The molecule has 2 aliphatic rings. The summed E-state index contributed by atoms with van der Waals surface area (Å²) < 4.78 is 0. The molecule has 0 heterocycles. The third-order valence-corrected chi connectivity index (χ3v) is 7.67. The molecule has 0 radical (unpaired) electrons. The molecule has 1 nitrogen and oxygen atoms in total. The van der Waals surface area contributed by atoms with E-state index in [0.717, 1.165) is 34.9 Å². The van der Waals surface area contributed by atoms with E-state index in [-0.39, 0.29) is 5.41 Å². The van der Waals surface area contributed by atoms with Crippen LogP contribution in [0.1, 0.15) is 37.8 Å². The van der Waals surface area contributed by atoms with Crippen molar-refractivity contribution < 1.29 is 0 Å². The maximum Gasteiger partial charge on any atom is 0.0465 e. The molecule has 172 valence electrons. The van der Waals surface area contributed by atoms with Crippen molar-refractivity contribution in [2.75, 3.05) is 4.90 Å². The summed E-state index contributed by atoms with van der Waals surface area (Å²) in [7, 11) is 0. The largest absolute Gasteiger partial charge is 0.310 e. The summed E-state index contributed by atoms with van der Waals surface area (Å²) >= 11 is 6.25. The van der Waals surface area contributed by atoms with Crippen LogP contribution >= 0.6 is 11.6 Å². The summed E-state index contributed by atoms with van der Waals surface area (Å²) in [5, 5.41) is 0.742. The average molecular weight is 474 g/mol. The van der Waals surface area contributed by atoms with E-state index in [1.807, 2.05) is 12.1 Å². The lowest BCUT2D eigenvalue weighted by Crippen LogP contribution is -2.18. The van der Waals surface area contributed by atoms with Crippen molar-refractivity contribution in [3.05, 3.63) is 131 Å². The van der Waals surface area contributed by atoms with Gasteiger partial charge in [-0.15, -0.1) is 0 Å². The van der Waals surface area contributed by atoms with Gasteiger partial charge in [0.2, 0.25) is 0 Å². The molecule has 0 amide bonds. The van der Waals surface area contributed by atoms with Crippen LogP contribution in [0.5, 0.6) is 0 Å². The monoisotopic (exact) mass is 473 g/mol. The number of halogens is 1. The molecule has 0 fully saturated rings. The lowest BCUT2D eigenvalue weighted by molar-refractivity contribution is 0.651. The number of nitrogens with zero attached hydrogens (tertiary/aromatic N) is 1. The minimum atomic E-state index is 0.000426. The summed E-state index contributed by atoms with van der Waals surface area (Å²) in [5.41, 5.74) is 11.6. The molecule has 0 unspecified atom stereocenters. The van der Waals surface area contributed by atoms with E-state index < -0.39 is 0 Å². The molecule has 4 aromatic rings. The van der Waals surface area contributed by atoms with Crippen LogP contribution in [0.4, 0.5) is 17.1 Å². The van der Waals surface area contributed by atoms with Crippen molar-refractivity contribution in [3.8, 4) is 11.1 Å². The molecule has 0 saturated carbocycles. The number of hydrogen-bond donors (Lipinski definition) is 0. The fourth-order valence-corrected chi connectivity index (χ4v) is 5.72. The van der Waals surface area contributed by atoms with Crippen molar-refractivity contribution in [2.45, 2.75) is 32.1 Å². The SMILES string of the molecule is CC1(C)C2=C(CCC=C2)c2ccc(N(c3ccc(Cl)cc3)c3ccc(-c4ccccc4)cc3)cc21. The molecule has 0 aromatic heterocycles. The van der Waals surface area contributed by atoms with Gasteiger partial charge in [0.25, 0.3) is 0 Å². The highest BCUT2D eigenvalue weighted by atomic mass is 35.5. The third-order valence-electron chi connectivity index (χ3n) is 7.42. The second-order valence-corrected chi connectivity index (χ2v) is 10.3. The Bertz CT molecular complexity index is 1440. The van der Waals surface area contributed by atoms with Crippen LogP contribution in [-0.4, -0.2) is 0 Å². The van der Waals surface area contributed by atoms with Gasteiger partial charge in [-0.1, -0.05) is 86.1 Å². The molecule has 0 atom stereocenters. The minimum Gasteiger partial charge on any atom is -0.310 e. The molecule has 2 aliphatic carbocycles. The quantitative estimate of drug-likeness (QED) is 0.285. The van der Waals surface area contributed by atoms with Gasteiger partial charge < -0.3 is 4.90 Å². The zero-order chi connectivity index (χ0) is 24.0. The van der Waals surface area contributed by atoms with Crippen molar-refractivity contribution >= 4 is 34.2 Å². The minimum absolute atomic E-state index is 0.000426. The number of benzene rings is 4. The average Bonchev–Trinajstić information content (AvgIpc) is 3.13. The van der Waals surface area contributed by atoms with E-state index in [0.29, 0.717) is 0 Å². The molecule has 0 N–H and O–H groups in total. The first-order chi connectivity index (χ1) is 17.0. The molecule has 6 rings (SSSR count). The summed E-state index contributed by atoms with van der Waals surface area (Å²) in [5.74, 6) is 0. The molecule has 4 aromatic carbocycles. The predicted molar refractivity (Wildman–Crippen MR) is 150 cm³/mol. The molecule has 0 aliphatic heterocycles. The highest BCUT2D eigenvalue weighted by molar-refractivity contribution is 6.30. The normalized spacial score (nSPS) is 15.6. The molecule has 2 heteroatoms. The number of rotatable bonds is 4. The topological polar surface area (TPSA) is 3.24 Å². The molecule has 35 heavy (non-hydrogen) atoms. The van der Waals surface area contributed by atoms with Crippen molar-refractivity contribution in [1.82, 2.24) is 0 Å². The van der Waals surface area contributed by atoms with Crippen LogP contribution in [-0.2, 0) is 5.41 Å². The standard InChI is InChI=1S/C33H28ClN/c1-33(2)31-11-7-6-10-29(31)30-21-20-28(22-32(30)33)35(27-18-14-25(34)15-19-27)26-16-12-24(13-17-26)23-8-4-3-5-9-23/h3-5,7-9,11-22H,6,10H2,1-2H3. The smallest absolute Gasteiger partial charge is 0.0465 e. The van der Waals surface area contributed by atoms with Crippen LogP contribution < -0.4 is 4.90 Å². The van der Waals surface area contributed by atoms with Gasteiger partial charge >= 0.3 is 0 Å². The Hall–Kier alpha value is -3.55. The van der Waals surface area contributed by atoms with E-state index in [9.17, 15) is 0 Å². The van der Waals surface area contributed by atoms with Crippen molar-refractivity contribution in [1.29, 1.82) is 0 Å². The summed E-state index contributed by atoms with van der Waals surface area (Å²) in [4.78, 5) is 2.33. The van der Waals surface area contributed by atoms with Gasteiger partial charge in [0, 0.05) is 27.5 Å². The van der Waals surface area contributed by atoms with Crippen LogP contribution in [0, 0.1) is 0 Å². The first-order valence-corrected chi connectivity index (χ1v) is 12.7. The Morgan fingerprint density at radius 2 is 1.34 bits per heavy atom. The summed E-state index contributed by atoms with van der Waals surface area (Å²) in [6.07, 6.45) is 6.92. The number of fused-ring (bicyclic) bond motifs is 2. The maximum atomic E-state index is 6.25. The third kappa shape index (κ3) is 3.81. The van der Waals surface area contributed by atoms with Gasteiger partial charge in [0.15, 0.2) is 0 Å². The fraction of sp³-hybridized carbons (Fsp3) is 0.152. The first kappa shape index (κ1) is 21.9. The molecular formula is C33H28ClN. The summed E-state index contributed by atoms with van der Waals surface area (Å²) in [6, 6.07) is 34.4. The van der Waals surface area contributed by atoms with E-state index in [2.05, 4.69) is 116 Å².